The molecule has 0 bridgehead atoms. The lowest BCUT2D eigenvalue weighted by atomic mass is 9.81. The van der Waals surface area contributed by atoms with Crippen molar-refractivity contribution in [2.45, 2.75) is 31.8 Å². The molecule has 1 aliphatic carbocycles. The van der Waals surface area contributed by atoms with Crippen molar-refractivity contribution in [2.75, 3.05) is 0 Å². The maximum absolute atomic E-state index is 10.3. The predicted octanol–water partition coefficient (Wildman–Crippen LogP) is 4.28. The Kier molecular flexibility index (Phi) is 3.60. The first-order valence-electron chi connectivity index (χ1n) is 5.13. The van der Waals surface area contributed by atoms with Crippen LogP contribution in [0.2, 0.25) is 4.34 Å². The molecule has 2 rings (SSSR count). The van der Waals surface area contributed by atoms with E-state index in [0.717, 1.165) is 35.0 Å². The van der Waals surface area contributed by atoms with E-state index in [0.29, 0.717) is 4.34 Å². The van der Waals surface area contributed by atoms with Gasteiger partial charge < -0.3 is 5.11 Å². The molecule has 0 amide bonds. The molecule has 0 radical (unpaired) electrons. The lowest BCUT2D eigenvalue weighted by molar-refractivity contribution is 0.0702. The van der Waals surface area contributed by atoms with Crippen molar-refractivity contribution in [3.63, 3.8) is 0 Å². The SMILES string of the molecule is N#CC1(C(O)c2cc(Br)c(Cl)s2)CCCC1. The lowest BCUT2D eigenvalue weighted by Crippen LogP contribution is -2.23. The zero-order valence-electron chi connectivity index (χ0n) is 8.54. The number of thiophene rings is 1. The van der Waals surface area contributed by atoms with E-state index in [9.17, 15) is 10.4 Å². The monoisotopic (exact) mass is 319 g/mol. The van der Waals surface area contributed by atoms with E-state index in [1.165, 1.54) is 11.3 Å². The van der Waals surface area contributed by atoms with Crippen LogP contribution in [-0.4, -0.2) is 5.11 Å². The average Bonchev–Trinajstić information content (AvgIpc) is 2.87. The van der Waals surface area contributed by atoms with Crippen molar-refractivity contribution in [2.24, 2.45) is 5.41 Å². The summed E-state index contributed by atoms with van der Waals surface area (Å²) in [4.78, 5) is 0.778. The molecule has 2 nitrogen and oxygen atoms in total. The van der Waals surface area contributed by atoms with Crippen LogP contribution in [0.3, 0.4) is 0 Å². The molecule has 0 saturated heterocycles. The summed E-state index contributed by atoms with van der Waals surface area (Å²) in [5, 5.41) is 19.6. The van der Waals surface area contributed by atoms with Crippen molar-refractivity contribution in [1.82, 2.24) is 0 Å². The number of aliphatic hydroxyl groups is 1. The van der Waals surface area contributed by atoms with Gasteiger partial charge in [0, 0.05) is 9.35 Å². The van der Waals surface area contributed by atoms with E-state index in [1.54, 1.807) is 0 Å². The summed E-state index contributed by atoms with van der Waals surface area (Å²) in [6.07, 6.45) is 2.87. The molecule has 1 unspecified atom stereocenters. The molecule has 1 atom stereocenters. The summed E-state index contributed by atoms with van der Waals surface area (Å²) in [5.74, 6) is 0. The van der Waals surface area contributed by atoms with Crippen LogP contribution in [0, 0.1) is 16.7 Å². The zero-order chi connectivity index (χ0) is 11.8. The summed E-state index contributed by atoms with van der Waals surface area (Å²) in [6.45, 7) is 0. The molecular formula is C11H11BrClNOS. The van der Waals surface area contributed by atoms with Gasteiger partial charge in [-0.25, -0.2) is 0 Å². The molecule has 1 saturated carbocycles. The van der Waals surface area contributed by atoms with E-state index in [4.69, 9.17) is 11.6 Å². The van der Waals surface area contributed by atoms with E-state index in [-0.39, 0.29) is 0 Å². The van der Waals surface area contributed by atoms with Crippen LogP contribution >= 0.6 is 38.9 Å². The standard InChI is InChI=1S/C11H11BrClNOS/c12-7-5-8(16-10(7)13)9(15)11(6-14)3-1-2-4-11/h5,9,15H,1-4H2. The summed E-state index contributed by atoms with van der Waals surface area (Å²) < 4.78 is 1.42. The number of nitriles is 1. The fraction of sp³-hybridized carbons (Fsp3) is 0.545. The summed E-state index contributed by atoms with van der Waals surface area (Å²) in [5.41, 5.74) is -0.604. The Morgan fingerprint density at radius 1 is 1.56 bits per heavy atom. The highest BCUT2D eigenvalue weighted by atomic mass is 79.9. The Bertz CT molecular complexity index is 414. The molecule has 16 heavy (non-hydrogen) atoms. The largest absolute Gasteiger partial charge is 0.386 e. The number of aliphatic hydroxyl groups excluding tert-OH is 1. The van der Waals surface area contributed by atoms with Crippen LogP contribution in [-0.2, 0) is 0 Å². The first kappa shape index (κ1) is 12.4. The van der Waals surface area contributed by atoms with Gasteiger partial charge in [-0.15, -0.1) is 11.3 Å². The van der Waals surface area contributed by atoms with E-state index < -0.39 is 11.5 Å². The third kappa shape index (κ3) is 2.02. The van der Waals surface area contributed by atoms with Crippen LogP contribution < -0.4 is 0 Å². The highest BCUT2D eigenvalue weighted by molar-refractivity contribution is 9.10. The molecule has 1 aromatic heterocycles. The Labute approximate surface area is 112 Å². The number of nitrogens with zero attached hydrogens (tertiary/aromatic N) is 1. The van der Waals surface area contributed by atoms with Crippen LogP contribution in [0.4, 0.5) is 0 Å². The molecule has 0 aromatic carbocycles. The third-order valence-corrected chi connectivity index (χ3v) is 5.70. The minimum Gasteiger partial charge on any atom is -0.386 e. The lowest BCUT2D eigenvalue weighted by Gasteiger charge is -2.25. The van der Waals surface area contributed by atoms with Gasteiger partial charge in [0.15, 0.2) is 0 Å². The first-order chi connectivity index (χ1) is 7.59. The number of halogens is 2. The van der Waals surface area contributed by atoms with Gasteiger partial charge in [0.05, 0.1) is 11.5 Å². The van der Waals surface area contributed by atoms with Gasteiger partial charge in [0.2, 0.25) is 0 Å². The van der Waals surface area contributed by atoms with Crippen molar-refractivity contribution >= 4 is 38.9 Å². The van der Waals surface area contributed by atoms with Gasteiger partial charge in [0.25, 0.3) is 0 Å². The first-order valence-corrected chi connectivity index (χ1v) is 7.12. The molecule has 1 aliphatic rings. The van der Waals surface area contributed by atoms with Crippen LogP contribution in [0.5, 0.6) is 0 Å². The Morgan fingerprint density at radius 3 is 2.62 bits per heavy atom. The van der Waals surface area contributed by atoms with Gasteiger partial charge in [-0.3, -0.25) is 0 Å². The van der Waals surface area contributed by atoms with E-state index >= 15 is 0 Å². The van der Waals surface area contributed by atoms with Gasteiger partial charge >= 0.3 is 0 Å². The third-order valence-electron chi connectivity index (χ3n) is 3.18. The second-order valence-electron chi connectivity index (χ2n) is 4.15. The minimum atomic E-state index is -0.714. The second kappa shape index (κ2) is 4.66. The molecule has 1 heterocycles. The second-order valence-corrected chi connectivity index (χ2v) is 6.69. The van der Waals surface area contributed by atoms with E-state index in [2.05, 4.69) is 22.0 Å². The van der Waals surface area contributed by atoms with Crippen molar-refractivity contribution in [1.29, 1.82) is 5.26 Å². The minimum absolute atomic E-state index is 0.604. The molecule has 0 aliphatic heterocycles. The Morgan fingerprint density at radius 2 is 2.19 bits per heavy atom. The molecule has 1 N–H and O–H groups in total. The summed E-state index contributed by atoms with van der Waals surface area (Å²) in [7, 11) is 0. The van der Waals surface area contributed by atoms with Crippen molar-refractivity contribution < 1.29 is 5.11 Å². The molecule has 0 spiro atoms. The van der Waals surface area contributed by atoms with Crippen molar-refractivity contribution in [3.05, 3.63) is 19.8 Å². The fourth-order valence-corrected chi connectivity index (χ4v) is 4.06. The Hall–Kier alpha value is -0.0800. The highest BCUT2D eigenvalue weighted by Crippen LogP contribution is 2.49. The van der Waals surface area contributed by atoms with Gasteiger partial charge in [0.1, 0.15) is 10.4 Å². The number of hydrogen-bond acceptors (Lipinski definition) is 3. The maximum Gasteiger partial charge on any atom is 0.107 e. The molecule has 86 valence electrons. The maximum atomic E-state index is 10.3. The molecular weight excluding hydrogens is 310 g/mol. The van der Waals surface area contributed by atoms with Gasteiger partial charge in [-0.2, -0.15) is 5.26 Å². The summed E-state index contributed by atoms with van der Waals surface area (Å²) in [6, 6.07) is 4.12. The average molecular weight is 321 g/mol. The molecule has 5 heteroatoms. The van der Waals surface area contributed by atoms with Gasteiger partial charge in [-0.05, 0) is 34.8 Å². The highest BCUT2D eigenvalue weighted by Gasteiger charge is 2.42. The molecule has 1 fully saturated rings. The molecule has 1 aromatic rings. The topological polar surface area (TPSA) is 44.0 Å². The van der Waals surface area contributed by atoms with Crippen LogP contribution in [0.25, 0.3) is 0 Å². The smallest absolute Gasteiger partial charge is 0.107 e. The predicted molar refractivity (Wildman–Crippen MR) is 68.5 cm³/mol. The number of hydrogen-bond donors (Lipinski definition) is 1. The normalized spacial score (nSPS) is 20.6. The summed E-state index contributed by atoms with van der Waals surface area (Å²) >= 11 is 10.6. The Balaban J connectivity index is 2.30. The van der Waals surface area contributed by atoms with Crippen LogP contribution in [0.1, 0.15) is 36.7 Å². The quantitative estimate of drug-likeness (QED) is 0.884. The van der Waals surface area contributed by atoms with E-state index in [1.807, 2.05) is 6.07 Å². The van der Waals surface area contributed by atoms with Gasteiger partial charge in [-0.1, -0.05) is 24.4 Å². The van der Waals surface area contributed by atoms with Crippen LogP contribution in [0.15, 0.2) is 10.5 Å². The zero-order valence-corrected chi connectivity index (χ0v) is 11.7. The van der Waals surface area contributed by atoms with Crippen molar-refractivity contribution in [3.8, 4) is 6.07 Å². The fourth-order valence-electron chi connectivity index (χ4n) is 2.22. The number of rotatable bonds is 2.